The van der Waals surface area contributed by atoms with Crippen molar-refractivity contribution in [3.63, 3.8) is 0 Å². The third kappa shape index (κ3) is 10.00. The summed E-state index contributed by atoms with van der Waals surface area (Å²) in [4.78, 5) is 29.8. The van der Waals surface area contributed by atoms with Crippen LogP contribution >= 0.6 is 23.8 Å². The molecule has 1 amide bonds. The van der Waals surface area contributed by atoms with Crippen molar-refractivity contribution < 1.29 is 22.9 Å². The van der Waals surface area contributed by atoms with Gasteiger partial charge in [0.15, 0.2) is 5.11 Å². The molecule has 0 unspecified atom stereocenters. The monoisotopic (exact) mass is 686 g/mol. The van der Waals surface area contributed by atoms with Crippen LogP contribution in [0.2, 0.25) is 5.02 Å². The van der Waals surface area contributed by atoms with Crippen LogP contribution in [0, 0.1) is 16.0 Å². The number of carbonyl (C=O) groups is 1. The summed E-state index contributed by atoms with van der Waals surface area (Å²) in [7, 11) is 0. The van der Waals surface area contributed by atoms with E-state index in [-0.39, 0.29) is 47.7 Å². The van der Waals surface area contributed by atoms with Crippen molar-refractivity contribution in [1.29, 1.82) is 0 Å². The second-order valence-corrected chi connectivity index (χ2v) is 12.0. The van der Waals surface area contributed by atoms with Crippen molar-refractivity contribution in [2.75, 3.05) is 11.9 Å². The lowest BCUT2D eigenvalue weighted by Crippen LogP contribution is -2.50. The van der Waals surface area contributed by atoms with Crippen LogP contribution in [0.4, 0.5) is 24.5 Å². The van der Waals surface area contributed by atoms with Gasteiger partial charge < -0.3 is 20.1 Å². The second-order valence-electron chi connectivity index (χ2n) is 11.1. The minimum absolute atomic E-state index is 0.00963. The first-order chi connectivity index (χ1) is 22.3. The van der Waals surface area contributed by atoms with Gasteiger partial charge in [-0.25, -0.2) is 4.98 Å². The number of nitrogens with zero attached hydrogens (tertiary/aromatic N) is 4. The number of rotatable bonds is 13. The van der Waals surface area contributed by atoms with Gasteiger partial charge >= 0.3 is 6.18 Å². The van der Waals surface area contributed by atoms with E-state index >= 15 is 0 Å². The second kappa shape index (κ2) is 15.9. The molecule has 0 radical (unpaired) electrons. The lowest BCUT2D eigenvalue weighted by molar-refractivity contribution is -0.384. The number of nitro benzene ring substituents is 1. The molecule has 2 N–H and O–H groups in total. The Labute approximate surface area is 280 Å². The molecule has 0 aliphatic carbocycles. The Bertz CT molecular complexity index is 1680. The molecule has 9 nitrogen and oxygen atoms in total. The van der Waals surface area contributed by atoms with Gasteiger partial charge in [-0.2, -0.15) is 13.2 Å². The molecule has 4 rings (SSSR count). The molecule has 0 fully saturated rings. The number of nitrogens with one attached hydrogen (secondary N) is 2. The van der Waals surface area contributed by atoms with Crippen LogP contribution in [0.3, 0.4) is 0 Å². The van der Waals surface area contributed by atoms with Gasteiger partial charge in [0.2, 0.25) is 5.91 Å². The van der Waals surface area contributed by atoms with Gasteiger partial charge in [-0.15, -0.1) is 0 Å². The number of imidazole rings is 1. The molecule has 0 saturated heterocycles. The van der Waals surface area contributed by atoms with E-state index < -0.39 is 22.7 Å². The van der Waals surface area contributed by atoms with E-state index in [0.29, 0.717) is 29.4 Å². The Morgan fingerprint density at radius 1 is 1.11 bits per heavy atom. The first kappa shape index (κ1) is 35.4. The van der Waals surface area contributed by atoms with Gasteiger partial charge in [-0.1, -0.05) is 62.2 Å². The van der Waals surface area contributed by atoms with E-state index in [1.54, 1.807) is 64.5 Å². The quantitative estimate of drug-likeness (QED) is 0.0853. The highest BCUT2D eigenvalue weighted by Gasteiger charge is 2.34. The number of nitro groups is 1. The van der Waals surface area contributed by atoms with E-state index in [2.05, 4.69) is 15.6 Å². The summed E-state index contributed by atoms with van der Waals surface area (Å²) in [6.07, 6.45) is -0.724. The zero-order valence-electron chi connectivity index (χ0n) is 25.7. The summed E-state index contributed by atoms with van der Waals surface area (Å²) in [5.41, 5.74) is 1.30. The van der Waals surface area contributed by atoms with Crippen LogP contribution in [-0.4, -0.2) is 43.0 Å². The molecule has 0 aliphatic heterocycles. The molecule has 248 valence electrons. The fourth-order valence-electron chi connectivity index (χ4n) is 4.96. The Kier molecular flexibility index (Phi) is 11.9. The number of carbonyl (C=O) groups excluding carboxylic acids is 1. The summed E-state index contributed by atoms with van der Waals surface area (Å²) in [6, 6.07) is 17.8. The van der Waals surface area contributed by atoms with Crippen LogP contribution in [0.25, 0.3) is 0 Å². The van der Waals surface area contributed by atoms with E-state index in [0.717, 1.165) is 11.6 Å². The zero-order valence-corrected chi connectivity index (χ0v) is 27.3. The molecule has 4 aromatic rings. The fraction of sp³-hybridized carbons (Fsp3) is 0.303. The van der Waals surface area contributed by atoms with Gasteiger partial charge in [0.05, 0.1) is 23.2 Å². The Morgan fingerprint density at radius 3 is 2.43 bits per heavy atom. The maximum atomic E-state index is 13.9. The van der Waals surface area contributed by atoms with E-state index in [1.165, 1.54) is 24.3 Å². The molecular formula is C33H34ClF3N6O3S. The zero-order chi connectivity index (χ0) is 34.1. The highest BCUT2D eigenvalue weighted by atomic mass is 35.5. The molecular weight excluding hydrogens is 653 g/mol. The molecule has 1 heterocycles. The standard InChI is InChI=1S/C33H34ClF3N6O3S/c1-3-22(2)30(40-31(44)16-28-17-38-21-42(28)18-23-8-14-27(15-9-23)43(45)46)20-41(32(47)39-26-12-10-25(34)11-13-26)19-24-6-4-5-7-29(24)33(35,36)37/h4-15,17,21-22,30H,3,16,18-20H2,1-2H3,(H,39,47)(H,40,44)/t22-,30+/m0/s1. The van der Waals surface area contributed by atoms with Gasteiger partial charge in [0.25, 0.3) is 5.69 Å². The summed E-state index contributed by atoms with van der Waals surface area (Å²) < 4.78 is 43.6. The lowest BCUT2D eigenvalue weighted by atomic mass is 9.97. The van der Waals surface area contributed by atoms with E-state index in [1.807, 2.05) is 13.8 Å². The third-order valence-electron chi connectivity index (χ3n) is 7.80. The summed E-state index contributed by atoms with van der Waals surface area (Å²) in [6.45, 7) is 4.26. The number of hydrogen-bond donors (Lipinski definition) is 2. The number of aromatic nitrogens is 2. The molecule has 47 heavy (non-hydrogen) atoms. The summed E-state index contributed by atoms with van der Waals surface area (Å²) in [5, 5.41) is 17.9. The largest absolute Gasteiger partial charge is 0.416 e. The number of hydrogen-bond acceptors (Lipinski definition) is 5. The SMILES string of the molecule is CC[C@H](C)[C@@H](CN(Cc1ccccc1C(F)(F)F)C(=S)Nc1ccc(Cl)cc1)NC(=O)Cc1cncn1Cc1ccc([N+](=O)[O-])cc1. The van der Waals surface area contributed by atoms with Crippen LogP contribution < -0.4 is 10.6 Å². The first-order valence-electron chi connectivity index (χ1n) is 14.8. The molecule has 3 aromatic carbocycles. The average molecular weight is 687 g/mol. The Balaban J connectivity index is 1.53. The molecule has 0 bridgehead atoms. The highest BCUT2D eigenvalue weighted by molar-refractivity contribution is 7.80. The molecule has 0 aliphatic rings. The number of alkyl halides is 3. The molecule has 0 saturated carbocycles. The van der Waals surface area contributed by atoms with E-state index in [4.69, 9.17) is 23.8 Å². The topological polar surface area (TPSA) is 105 Å². The number of non-ortho nitro benzene ring substituents is 1. The van der Waals surface area contributed by atoms with Gasteiger partial charge in [-0.3, -0.25) is 14.9 Å². The number of thiocarbonyl (C=S) groups is 1. The van der Waals surface area contributed by atoms with Crippen molar-refractivity contribution in [2.24, 2.45) is 5.92 Å². The maximum absolute atomic E-state index is 13.9. The molecule has 14 heteroatoms. The predicted molar refractivity (Wildman–Crippen MR) is 179 cm³/mol. The summed E-state index contributed by atoms with van der Waals surface area (Å²) >= 11 is 11.7. The smallest absolute Gasteiger partial charge is 0.351 e. The highest BCUT2D eigenvalue weighted by Crippen LogP contribution is 2.32. The van der Waals surface area contributed by atoms with Crippen LogP contribution in [0.15, 0.2) is 85.3 Å². The van der Waals surface area contributed by atoms with Gasteiger partial charge in [0.1, 0.15) is 0 Å². The molecule has 1 aromatic heterocycles. The third-order valence-corrected chi connectivity index (χ3v) is 8.41. The number of halogens is 4. The Hall–Kier alpha value is -4.49. The van der Waals surface area contributed by atoms with Gasteiger partial charge in [-0.05, 0) is 59.6 Å². The van der Waals surface area contributed by atoms with Crippen LogP contribution in [-0.2, 0) is 30.5 Å². The van der Waals surface area contributed by atoms with Crippen LogP contribution in [0.1, 0.15) is 42.7 Å². The predicted octanol–water partition coefficient (Wildman–Crippen LogP) is 7.48. The Morgan fingerprint density at radius 2 is 1.79 bits per heavy atom. The average Bonchev–Trinajstić information content (AvgIpc) is 3.46. The van der Waals surface area contributed by atoms with Crippen molar-refractivity contribution in [1.82, 2.24) is 19.8 Å². The number of benzene rings is 3. The first-order valence-corrected chi connectivity index (χ1v) is 15.6. The van der Waals surface area contributed by atoms with Crippen molar-refractivity contribution in [2.45, 2.75) is 52.0 Å². The fourth-order valence-corrected chi connectivity index (χ4v) is 5.35. The minimum Gasteiger partial charge on any atom is -0.351 e. The maximum Gasteiger partial charge on any atom is 0.416 e. The van der Waals surface area contributed by atoms with Crippen molar-refractivity contribution in [3.8, 4) is 0 Å². The molecule has 0 spiro atoms. The molecule has 2 atom stereocenters. The van der Waals surface area contributed by atoms with Crippen LogP contribution in [0.5, 0.6) is 0 Å². The summed E-state index contributed by atoms with van der Waals surface area (Å²) in [5.74, 6) is -0.351. The normalized spacial score (nSPS) is 12.6. The van der Waals surface area contributed by atoms with E-state index in [9.17, 15) is 28.1 Å². The van der Waals surface area contributed by atoms with Crippen molar-refractivity contribution in [3.05, 3.63) is 123 Å². The number of amides is 1. The number of anilines is 1. The van der Waals surface area contributed by atoms with Gasteiger partial charge in [0, 0.05) is 60.4 Å². The van der Waals surface area contributed by atoms with Crippen molar-refractivity contribution >= 4 is 46.2 Å². The minimum atomic E-state index is -4.56. The lowest BCUT2D eigenvalue weighted by Gasteiger charge is -2.34.